The first-order valence-electron chi connectivity index (χ1n) is 11.0. The normalized spacial score (nSPS) is 11.9. The number of aliphatic imine (C=N–C) groups is 1. The summed E-state index contributed by atoms with van der Waals surface area (Å²) in [6.45, 7) is 1.08. The first-order valence-corrected chi connectivity index (χ1v) is 12.0. The third-order valence-corrected chi connectivity index (χ3v) is 5.73. The molecule has 35 heavy (non-hydrogen) atoms. The minimum absolute atomic E-state index is 0.192. The number of benzene rings is 2. The number of tetrazole rings is 1. The molecule has 0 saturated heterocycles. The van der Waals surface area contributed by atoms with Crippen molar-refractivity contribution in [1.82, 2.24) is 30.1 Å². The lowest BCUT2D eigenvalue weighted by atomic mass is 10.1. The monoisotopic (exact) mass is 486 g/mol. The molecule has 178 valence electrons. The first-order chi connectivity index (χ1) is 17.2. The summed E-state index contributed by atoms with van der Waals surface area (Å²) in [6.07, 6.45) is 0. The second-order valence-electron chi connectivity index (χ2n) is 7.72. The highest BCUT2D eigenvalue weighted by Crippen LogP contribution is 2.13. The Bertz CT molecular complexity index is 1260. The van der Waals surface area contributed by atoms with Gasteiger partial charge in [0.25, 0.3) is 0 Å². The number of thioether (sulfide) groups is 1. The van der Waals surface area contributed by atoms with Crippen molar-refractivity contribution in [1.29, 1.82) is 0 Å². The molecular formula is C25H26N8OS. The number of aryl methyl sites for hydroxylation is 1. The fourth-order valence-corrected chi connectivity index (χ4v) is 3.82. The zero-order chi connectivity index (χ0) is 24.3. The number of pyridine rings is 1. The summed E-state index contributed by atoms with van der Waals surface area (Å²) in [4.78, 5) is 16.9. The van der Waals surface area contributed by atoms with Gasteiger partial charge in [-0.2, -0.15) is 0 Å². The lowest BCUT2D eigenvalue weighted by molar-refractivity contribution is 0.128. The van der Waals surface area contributed by atoms with E-state index in [0.29, 0.717) is 17.4 Å². The minimum Gasteiger partial charge on any atom is -0.389 e. The van der Waals surface area contributed by atoms with E-state index in [9.17, 15) is 0 Å². The molecule has 0 bridgehead atoms. The van der Waals surface area contributed by atoms with E-state index in [0.717, 1.165) is 23.7 Å². The van der Waals surface area contributed by atoms with Crippen molar-refractivity contribution < 1.29 is 4.84 Å². The Morgan fingerprint density at radius 3 is 2.54 bits per heavy atom. The Morgan fingerprint density at radius 2 is 1.80 bits per heavy atom. The van der Waals surface area contributed by atoms with Crippen LogP contribution >= 0.6 is 11.8 Å². The van der Waals surface area contributed by atoms with Gasteiger partial charge in [0.2, 0.25) is 5.82 Å². The smallest absolute Gasteiger partial charge is 0.204 e. The molecule has 0 amide bonds. The highest BCUT2D eigenvalue weighted by molar-refractivity contribution is 8.12. The summed E-state index contributed by atoms with van der Waals surface area (Å²) in [5.74, 6) is 1.96. The maximum absolute atomic E-state index is 5.64. The average Bonchev–Trinajstić information content (AvgIpc) is 3.31. The molecule has 4 rings (SSSR count). The van der Waals surface area contributed by atoms with Crippen LogP contribution in [0.5, 0.6) is 0 Å². The molecule has 2 aromatic carbocycles. The van der Waals surface area contributed by atoms with E-state index < -0.39 is 0 Å². The van der Waals surface area contributed by atoms with Gasteiger partial charge in [0.1, 0.15) is 0 Å². The quantitative estimate of drug-likeness (QED) is 0.137. The molecule has 0 saturated carbocycles. The van der Waals surface area contributed by atoms with Crippen LogP contribution in [-0.4, -0.2) is 54.3 Å². The Hall–Kier alpha value is -3.89. The van der Waals surface area contributed by atoms with Gasteiger partial charge in [-0.05, 0) is 35.2 Å². The van der Waals surface area contributed by atoms with Crippen LogP contribution < -0.4 is 0 Å². The van der Waals surface area contributed by atoms with Gasteiger partial charge < -0.3 is 4.84 Å². The van der Waals surface area contributed by atoms with Gasteiger partial charge in [0.15, 0.2) is 18.1 Å². The van der Waals surface area contributed by atoms with Crippen LogP contribution in [0, 0.1) is 0 Å². The molecule has 2 heterocycles. The van der Waals surface area contributed by atoms with E-state index in [1.165, 1.54) is 5.56 Å². The van der Waals surface area contributed by atoms with E-state index in [1.54, 1.807) is 23.5 Å². The lowest BCUT2D eigenvalue weighted by Crippen LogP contribution is -2.16. The Morgan fingerprint density at radius 1 is 1.03 bits per heavy atom. The maximum Gasteiger partial charge on any atom is 0.204 e. The van der Waals surface area contributed by atoms with Crippen LogP contribution in [0.4, 0.5) is 5.82 Å². The molecule has 0 fully saturated rings. The van der Waals surface area contributed by atoms with E-state index in [4.69, 9.17) is 4.84 Å². The second kappa shape index (κ2) is 12.5. The van der Waals surface area contributed by atoms with Crippen molar-refractivity contribution in [2.24, 2.45) is 17.2 Å². The Kier molecular flexibility index (Phi) is 8.68. The lowest BCUT2D eigenvalue weighted by Gasteiger charge is -2.14. The molecule has 0 aliphatic rings. The second-order valence-corrected chi connectivity index (χ2v) is 8.52. The molecule has 0 unspecified atom stereocenters. The molecular weight excluding hydrogens is 460 g/mol. The molecule has 10 heteroatoms. The fraction of sp³-hybridized carbons (Fsp3) is 0.200. The molecule has 0 radical (unpaired) electrons. The van der Waals surface area contributed by atoms with Crippen LogP contribution in [-0.2, 0) is 25.0 Å². The molecule has 4 aromatic rings. The summed E-state index contributed by atoms with van der Waals surface area (Å²) >= 11 is 1.62. The molecule has 0 atom stereocenters. The number of rotatable bonds is 11. The zero-order valence-electron chi connectivity index (χ0n) is 19.6. The Balaban J connectivity index is 1.33. The van der Waals surface area contributed by atoms with Crippen molar-refractivity contribution >= 4 is 28.8 Å². The summed E-state index contributed by atoms with van der Waals surface area (Å²) in [5.41, 5.74) is 5.23. The Labute approximate surface area is 208 Å². The maximum atomic E-state index is 5.64. The molecule has 9 nitrogen and oxygen atoms in total. The zero-order valence-corrected chi connectivity index (χ0v) is 20.4. The topological polar surface area (TPSA) is 93.7 Å². The van der Waals surface area contributed by atoms with Crippen molar-refractivity contribution in [3.05, 3.63) is 102 Å². The number of aromatic nitrogens is 5. The molecule has 0 N–H and O–H groups in total. The van der Waals surface area contributed by atoms with Crippen LogP contribution in [0.25, 0.3) is 0 Å². The van der Waals surface area contributed by atoms with E-state index in [1.807, 2.05) is 60.1 Å². The summed E-state index contributed by atoms with van der Waals surface area (Å²) in [6, 6.07) is 25.7. The van der Waals surface area contributed by atoms with Gasteiger partial charge in [-0.15, -0.1) is 5.10 Å². The third-order valence-electron chi connectivity index (χ3n) is 4.89. The fourth-order valence-electron chi connectivity index (χ4n) is 3.22. The summed E-state index contributed by atoms with van der Waals surface area (Å²) < 4.78 is 1.55. The van der Waals surface area contributed by atoms with Gasteiger partial charge in [0, 0.05) is 19.2 Å². The predicted molar refractivity (Wildman–Crippen MR) is 138 cm³/mol. The van der Waals surface area contributed by atoms with Crippen molar-refractivity contribution in [3.63, 3.8) is 0 Å². The number of hydrogen-bond acceptors (Lipinski definition) is 9. The van der Waals surface area contributed by atoms with Crippen LogP contribution in [0.15, 0.2) is 89.0 Å². The predicted octanol–water partition coefficient (Wildman–Crippen LogP) is 4.06. The molecule has 2 aromatic heterocycles. The summed E-state index contributed by atoms with van der Waals surface area (Å²) in [5, 5.41) is 16.0. The number of nitrogens with zero attached hydrogens (tertiary/aromatic N) is 8. The van der Waals surface area contributed by atoms with Gasteiger partial charge >= 0.3 is 0 Å². The SMILES string of the molecule is CN(CSC=Nc1cccc(CO/N=C(/c2ccccc2)c2nnnn2C)n1)Cc1ccccc1. The van der Waals surface area contributed by atoms with Crippen LogP contribution in [0.3, 0.4) is 0 Å². The number of hydrogen-bond donors (Lipinski definition) is 0. The van der Waals surface area contributed by atoms with Crippen LogP contribution in [0.2, 0.25) is 0 Å². The van der Waals surface area contributed by atoms with Gasteiger partial charge in [-0.1, -0.05) is 83.6 Å². The first kappa shape index (κ1) is 24.2. The average molecular weight is 487 g/mol. The summed E-state index contributed by atoms with van der Waals surface area (Å²) in [7, 11) is 3.85. The van der Waals surface area contributed by atoms with E-state index in [2.05, 4.69) is 66.9 Å². The molecule has 0 spiro atoms. The third kappa shape index (κ3) is 7.29. The van der Waals surface area contributed by atoms with Crippen molar-refractivity contribution in [2.45, 2.75) is 13.2 Å². The highest BCUT2D eigenvalue weighted by Gasteiger charge is 2.14. The largest absolute Gasteiger partial charge is 0.389 e. The minimum atomic E-state index is 0.192. The van der Waals surface area contributed by atoms with Crippen molar-refractivity contribution in [3.8, 4) is 0 Å². The standard InChI is InChI=1S/C25H26N8OS/c1-32(16-20-10-5-3-6-11-20)19-35-18-26-23-15-9-14-22(27-23)17-34-29-24(21-12-7-4-8-13-21)25-28-30-31-33(25)2/h3-15,18H,16-17,19H2,1-2H3/b26-18?,29-24-. The van der Waals surface area contributed by atoms with Crippen molar-refractivity contribution in [2.75, 3.05) is 12.9 Å². The number of oxime groups is 1. The molecule has 0 aliphatic heterocycles. The molecule has 0 aliphatic carbocycles. The highest BCUT2D eigenvalue weighted by atomic mass is 32.2. The van der Waals surface area contributed by atoms with E-state index in [-0.39, 0.29) is 6.61 Å². The van der Waals surface area contributed by atoms with Gasteiger partial charge in [-0.25, -0.2) is 14.7 Å². The van der Waals surface area contributed by atoms with Gasteiger partial charge in [0.05, 0.1) is 17.1 Å². The van der Waals surface area contributed by atoms with Gasteiger partial charge in [-0.3, -0.25) is 4.90 Å². The van der Waals surface area contributed by atoms with E-state index >= 15 is 0 Å². The van der Waals surface area contributed by atoms with Crippen LogP contribution in [0.1, 0.15) is 22.6 Å².